The highest BCUT2D eigenvalue weighted by atomic mass is 35.5. The molecule has 1 aromatic rings. The fourth-order valence-electron chi connectivity index (χ4n) is 1.37. The molecular formula is C12H16Cl2O2. The summed E-state index contributed by atoms with van der Waals surface area (Å²) in [5.74, 6) is 0. The second kappa shape index (κ2) is 7.13. The summed E-state index contributed by atoms with van der Waals surface area (Å²) in [6.07, 6.45) is 0.886. The Morgan fingerprint density at radius 3 is 2.75 bits per heavy atom. The third-order valence-corrected chi connectivity index (χ3v) is 2.78. The van der Waals surface area contributed by atoms with Gasteiger partial charge in [-0.2, -0.15) is 0 Å². The van der Waals surface area contributed by atoms with Gasteiger partial charge in [-0.1, -0.05) is 30.1 Å². The van der Waals surface area contributed by atoms with Gasteiger partial charge in [0.05, 0.1) is 6.10 Å². The molecule has 4 heteroatoms. The van der Waals surface area contributed by atoms with E-state index in [1.54, 1.807) is 18.2 Å². The molecule has 1 N–H and O–H groups in total. The minimum atomic E-state index is -0.622. The van der Waals surface area contributed by atoms with Gasteiger partial charge < -0.3 is 9.84 Å². The highest BCUT2D eigenvalue weighted by molar-refractivity contribution is 6.33. The largest absolute Gasteiger partial charge is 0.388 e. The Bertz CT molecular complexity index is 329. The SMILES string of the molecule is CCCOCCC(O)c1cc(Cl)ccc1Cl. The summed E-state index contributed by atoms with van der Waals surface area (Å²) in [6.45, 7) is 3.29. The molecule has 0 heterocycles. The number of halogens is 2. The topological polar surface area (TPSA) is 29.5 Å². The van der Waals surface area contributed by atoms with E-state index in [0.29, 0.717) is 28.6 Å². The van der Waals surface area contributed by atoms with Crippen molar-refractivity contribution in [2.45, 2.75) is 25.9 Å². The first kappa shape index (κ1) is 13.8. The summed E-state index contributed by atoms with van der Waals surface area (Å²) in [5.41, 5.74) is 0.661. The molecule has 0 aromatic heterocycles. The molecule has 0 saturated carbocycles. The van der Waals surface area contributed by atoms with E-state index >= 15 is 0 Å². The van der Waals surface area contributed by atoms with Gasteiger partial charge in [0, 0.05) is 35.2 Å². The van der Waals surface area contributed by atoms with Crippen LogP contribution in [0.5, 0.6) is 0 Å². The molecule has 0 saturated heterocycles. The zero-order valence-corrected chi connectivity index (χ0v) is 10.8. The first-order valence-electron chi connectivity index (χ1n) is 5.36. The molecular weight excluding hydrogens is 247 g/mol. The third kappa shape index (κ3) is 4.30. The predicted octanol–water partition coefficient (Wildman–Crippen LogP) is 3.84. The van der Waals surface area contributed by atoms with Crippen LogP contribution in [0.4, 0.5) is 0 Å². The number of aliphatic hydroxyl groups excluding tert-OH is 1. The van der Waals surface area contributed by atoms with Gasteiger partial charge in [0.2, 0.25) is 0 Å². The van der Waals surface area contributed by atoms with Gasteiger partial charge in [0.15, 0.2) is 0 Å². The van der Waals surface area contributed by atoms with Crippen LogP contribution in [0.25, 0.3) is 0 Å². The van der Waals surface area contributed by atoms with Gasteiger partial charge in [-0.05, 0) is 24.6 Å². The summed E-state index contributed by atoms with van der Waals surface area (Å²) in [5, 5.41) is 11.0. The maximum Gasteiger partial charge on any atom is 0.0826 e. The normalized spacial score (nSPS) is 12.8. The zero-order chi connectivity index (χ0) is 12.0. The van der Waals surface area contributed by atoms with Crippen LogP contribution in [-0.4, -0.2) is 18.3 Å². The van der Waals surface area contributed by atoms with Gasteiger partial charge in [-0.3, -0.25) is 0 Å². The van der Waals surface area contributed by atoms with Crippen LogP contribution < -0.4 is 0 Å². The fourth-order valence-corrected chi connectivity index (χ4v) is 1.79. The Morgan fingerprint density at radius 1 is 1.31 bits per heavy atom. The summed E-state index contributed by atoms with van der Waals surface area (Å²) >= 11 is 11.8. The van der Waals surface area contributed by atoms with Crippen molar-refractivity contribution in [1.82, 2.24) is 0 Å². The van der Waals surface area contributed by atoms with Crippen LogP contribution in [0, 0.1) is 0 Å². The molecule has 90 valence electrons. The summed E-state index contributed by atoms with van der Waals surface area (Å²) in [4.78, 5) is 0. The molecule has 0 aliphatic heterocycles. The quantitative estimate of drug-likeness (QED) is 0.790. The minimum absolute atomic E-state index is 0.526. The molecule has 0 amide bonds. The lowest BCUT2D eigenvalue weighted by atomic mass is 10.1. The van der Waals surface area contributed by atoms with Crippen LogP contribution in [-0.2, 0) is 4.74 Å². The lowest BCUT2D eigenvalue weighted by molar-refractivity contribution is 0.0822. The minimum Gasteiger partial charge on any atom is -0.388 e. The van der Waals surface area contributed by atoms with Crippen LogP contribution >= 0.6 is 23.2 Å². The van der Waals surface area contributed by atoms with Crippen molar-refractivity contribution in [2.24, 2.45) is 0 Å². The highest BCUT2D eigenvalue weighted by Crippen LogP contribution is 2.28. The third-order valence-electron chi connectivity index (χ3n) is 2.20. The number of aliphatic hydroxyl groups is 1. The summed E-state index contributed by atoms with van der Waals surface area (Å²) < 4.78 is 5.31. The maximum atomic E-state index is 9.90. The molecule has 1 rings (SSSR count). The molecule has 0 spiro atoms. The van der Waals surface area contributed by atoms with E-state index in [-0.39, 0.29) is 0 Å². The standard InChI is InChI=1S/C12H16Cl2O2/c1-2-6-16-7-5-12(15)10-8-9(13)3-4-11(10)14/h3-4,8,12,15H,2,5-7H2,1H3. The number of hydrogen-bond donors (Lipinski definition) is 1. The lowest BCUT2D eigenvalue weighted by Crippen LogP contribution is -2.04. The van der Waals surface area contributed by atoms with Crippen molar-refractivity contribution in [3.8, 4) is 0 Å². The van der Waals surface area contributed by atoms with Crippen LogP contribution in [0.3, 0.4) is 0 Å². The van der Waals surface area contributed by atoms with Gasteiger partial charge in [-0.25, -0.2) is 0 Å². The molecule has 1 aromatic carbocycles. The van der Waals surface area contributed by atoms with E-state index in [1.165, 1.54) is 0 Å². The Morgan fingerprint density at radius 2 is 2.06 bits per heavy atom. The first-order valence-corrected chi connectivity index (χ1v) is 6.11. The van der Waals surface area contributed by atoms with Crippen LogP contribution in [0.2, 0.25) is 10.0 Å². The van der Waals surface area contributed by atoms with Crippen molar-refractivity contribution in [2.75, 3.05) is 13.2 Å². The molecule has 2 nitrogen and oxygen atoms in total. The first-order chi connectivity index (χ1) is 7.65. The number of ether oxygens (including phenoxy) is 1. The fraction of sp³-hybridized carbons (Fsp3) is 0.500. The van der Waals surface area contributed by atoms with Gasteiger partial charge in [0.1, 0.15) is 0 Å². The molecule has 1 unspecified atom stereocenters. The Hall–Kier alpha value is -0.280. The van der Waals surface area contributed by atoms with E-state index in [0.717, 1.165) is 13.0 Å². The predicted molar refractivity (Wildman–Crippen MR) is 67.1 cm³/mol. The highest BCUT2D eigenvalue weighted by Gasteiger charge is 2.11. The molecule has 16 heavy (non-hydrogen) atoms. The number of hydrogen-bond acceptors (Lipinski definition) is 2. The number of benzene rings is 1. The van der Waals surface area contributed by atoms with E-state index in [2.05, 4.69) is 0 Å². The second-order valence-electron chi connectivity index (χ2n) is 3.58. The summed E-state index contributed by atoms with van der Waals surface area (Å²) in [7, 11) is 0. The van der Waals surface area contributed by atoms with Crippen molar-refractivity contribution >= 4 is 23.2 Å². The van der Waals surface area contributed by atoms with Crippen molar-refractivity contribution < 1.29 is 9.84 Å². The lowest BCUT2D eigenvalue weighted by Gasteiger charge is -2.13. The average Bonchev–Trinajstić information content (AvgIpc) is 2.27. The van der Waals surface area contributed by atoms with Crippen molar-refractivity contribution in [3.05, 3.63) is 33.8 Å². The van der Waals surface area contributed by atoms with E-state index < -0.39 is 6.10 Å². The van der Waals surface area contributed by atoms with Crippen molar-refractivity contribution in [1.29, 1.82) is 0 Å². The Labute approximate surface area is 106 Å². The zero-order valence-electron chi connectivity index (χ0n) is 9.25. The Kier molecular flexibility index (Phi) is 6.14. The molecule has 0 aliphatic rings. The van der Waals surface area contributed by atoms with Gasteiger partial charge in [-0.15, -0.1) is 0 Å². The summed E-state index contributed by atoms with van der Waals surface area (Å²) in [6, 6.07) is 5.08. The van der Waals surface area contributed by atoms with E-state index in [4.69, 9.17) is 27.9 Å². The smallest absolute Gasteiger partial charge is 0.0826 e. The second-order valence-corrected chi connectivity index (χ2v) is 4.43. The van der Waals surface area contributed by atoms with Gasteiger partial charge in [0.25, 0.3) is 0 Å². The average molecular weight is 263 g/mol. The van der Waals surface area contributed by atoms with E-state index in [1.807, 2.05) is 6.92 Å². The van der Waals surface area contributed by atoms with Crippen LogP contribution in [0.1, 0.15) is 31.4 Å². The van der Waals surface area contributed by atoms with E-state index in [9.17, 15) is 5.11 Å². The molecule has 0 bridgehead atoms. The maximum absolute atomic E-state index is 9.90. The molecule has 0 fully saturated rings. The monoisotopic (exact) mass is 262 g/mol. The number of rotatable bonds is 6. The molecule has 0 aliphatic carbocycles. The molecule has 1 atom stereocenters. The van der Waals surface area contributed by atoms with Crippen molar-refractivity contribution in [3.63, 3.8) is 0 Å². The molecule has 0 radical (unpaired) electrons. The van der Waals surface area contributed by atoms with Crippen LogP contribution in [0.15, 0.2) is 18.2 Å². The Balaban J connectivity index is 2.51. The van der Waals surface area contributed by atoms with Gasteiger partial charge >= 0.3 is 0 Å².